The number of allylic oxidation sites excluding steroid dienone is 4. The van der Waals surface area contributed by atoms with E-state index in [2.05, 4.69) is 4.40 Å². The zero-order valence-corrected chi connectivity index (χ0v) is 12.1. The summed E-state index contributed by atoms with van der Waals surface area (Å²) >= 11 is 0. The molecule has 0 amide bonds. The van der Waals surface area contributed by atoms with E-state index in [1.54, 1.807) is 24.3 Å². The fourth-order valence-corrected chi connectivity index (χ4v) is 2.71. The van der Waals surface area contributed by atoms with Crippen LogP contribution in [0.25, 0.3) is 0 Å². The Hall–Kier alpha value is -2.01. The number of hydrogen-bond acceptors (Lipinski definition) is 3. The summed E-state index contributed by atoms with van der Waals surface area (Å²) in [5.41, 5.74) is 1.32. The second-order valence-corrected chi connectivity index (χ2v) is 6.39. The molecule has 1 aromatic rings. The van der Waals surface area contributed by atoms with Crippen LogP contribution in [-0.2, 0) is 14.8 Å². The van der Waals surface area contributed by atoms with Crippen molar-refractivity contribution in [3.8, 4) is 0 Å². The van der Waals surface area contributed by atoms with Crippen molar-refractivity contribution in [2.24, 2.45) is 4.40 Å². The van der Waals surface area contributed by atoms with E-state index in [0.717, 1.165) is 5.56 Å². The SMILES string of the molecule is CC(C)c1ccc(S(=O)(=O)N=C2C=CC(=O)C=C2)cc1. The summed E-state index contributed by atoms with van der Waals surface area (Å²) < 4.78 is 28.0. The van der Waals surface area contributed by atoms with E-state index in [4.69, 9.17) is 0 Å². The summed E-state index contributed by atoms with van der Waals surface area (Å²) in [6, 6.07) is 6.67. The van der Waals surface area contributed by atoms with Gasteiger partial charge in [-0.1, -0.05) is 26.0 Å². The van der Waals surface area contributed by atoms with Crippen molar-refractivity contribution in [2.45, 2.75) is 24.7 Å². The first kappa shape index (κ1) is 14.4. The fourth-order valence-electron chi connectivity index (χ4n) is 1.72. The Morgan fingerprint density at radius 3 is 2.00 bits per heavy atom. The first-order chi connectivity index (χ1) is 9.38. The number of hydrogen-bond donors (Lipinski definition) is 0. The Morgan fingerprint density at radius 1 is 0.950 bits per heavy atom. The van der Waals surface area contributed by atoms with Crippen LogP contribution in [0.5, 0.6) is 0 Å². The highest BCUT2D eigenvalue weighted by atomic mass is 32.2. The van der Waals surface area contributed by atoms with Gasteiger partial charge in [0.1, 0.15) is 0 Å². The van der Waals surface area contributed by atoms with Crippen LogP contribution in [0, 0.1) is 0 Å². The van der Waals surface area contributed by atoms with Gasteiger partial charge in [0, 0.05) is 0 Å². The topological polar surface area (TPSA) is 63.6 Å². The molecule has 20 heavy (non-hydrogen) atoms. The van der Waals surface area contributed by atoms with Crippen LogP contribution in [0.1, 0.15) is 25.3 Å². The van der Waals surface area contributed by atoms with Gasteiger partial charge in [0.05, 0.1) is 10.6 Å². The third kappa shape index (κ3) is 3.30. The first-order valence-electron chi connectivity index (χ1n) is 6.23. The van der Waals surface area contributed by atoms with Crippen LogP contribution in [0.15, 0.2) is 57.9 Å². The molecule has 5 heteroatoms. The lowest BCUT2D eigenvalue weighted by atomic mass is 10.0. The highest BCUT2D eigenvalue weighted by molar-refractivity contribution is 7.90. The molecule has 0 unspecified atom stereocenters. The number of ketones is 1. The molecule has 0 atom stereocenters. The maximum Gasteiger partial charge on any atom is 0.282 e. The predicted octanol–water partition coefficient (Wildman–Crippen LogP) is 2.63. The highest BCUT2D eigenvalue weighted by Crippen LogP contribution is 2.19. The molecule has 0 aliphatic heterocycles. The Morgan fingerprint density at radius 2 is 1.50 bits per heavy atom. The lowest BCUT2D eigenvalue weighted by Gasteiger charge is -2.06. The average molecular weight is 289 g/mol. The van der Waals surface area contributed by atoms with E-state index in [-0.39, 0.29) is 16.4 Å². The normalized spacial score (nSPS) is 14.9. The first-order valence-corrected chi connectivity index (χ1v) is 7.67. The van der Waals surface area contributed by atoms with E-state index in [1.165, 1.54) is 24.3 Å². The molecule has 4 nitrogen and oxygen atoms in total. The highest BCUT2D eigenvalue weighted by Gasteiger charge is 2.14. The zero-order chi connectivity index (χ0) is 14.8. The predicted molar refractivity (Wildman–Crippen MR) is 78.4 cm³/mol. The Balaban J connectivity index is 2.31. The summed E-state index contributed by atoms with van der Waals surface area (Å²) in [5.74, 6) is 0.163. The molecule has 0 spiro atoms. The van der Waals surface area contributed by atoms with Crippen LogP contribution in [-0.4, -0.2) is 19.9 Å². The number of nitrogens with zero attached hydrogens (tertiary/aromatic N) is 1. The molecule has 0 fully saturated rings. The monoisotopic (exact) mass is 289 g/mol. The van der Waals surface area contributed by atoms with Gasteiger partial charge in [-0.2, -0.15) is 12.8 Å². The molecule has 104 valence electrons. The molecule has 0 N–H and O–H groups in total. The van der Waals surface area contributed by atoms with Crippen LogP contribution in [0.2, 0.25) is 0 Å². The minimum atomic E-state index is -3.75. The number of benzene rings is 1. The summed E-state index contributed by atoms with van der Waals surface area (Å²) in [6.45, 7) is 4.08. The quantitative estimate of drug-likeness (QED) is 0.803. The minimum Gasteiger partial charge on any atom is -0.290 e. The van der Waals surface area contributed by atoms with E-state index in [0.29, 0.717) is 5.92 Å². The summed E-state index contributed by atoms with van der Waals surface area (Å²) in [5, 5.41) is 0. The summed E-state index contributed by atoms with van der Waals surface area (Å²) in [4.78, 5) is 11.1. The number of carbonyl (C=O) groups excluding carboxylic acids is 1. The van der Waals surface area contributed by atoms with Gasteiger partial charge in [-0.05, 0) is 47.9 Å². The molecule has 0 saturated carbocycles. The van der Waals surface area contributed by atoms with Crippen LogP contribution >= 0.6 is 0 Å². The number of carbonyl (C=O) groups is 1. The fraction of sp³-hybridized carbons (Fsp3) is 0.200. The lowest BCUT2D eigenvalue weighted by molar-refractivity contribution is -0.110. The molecule has 2 rings (SSSR count). The average Bonchev–Trinajstić information content (AvgIpc) is 2.41. The van der Waals surface area contributed by atoms with E-state index < -0.39 is 10.0 Å². The number of rotatable bonds is 3. The standard InChI is InChI=1S/C15H15NO3S/c1-11(2)12-3-9-15(10-4-12)20(18,19)16-13-5-7-14(17)8-6-13/h3-11H,1-2H3. The van der Waals surface area contributed by atoms with Crippen molar-refractivity contribution in [3.05, 3.63) is 54.1 Å². The van der Waals surface area contributed by atoms with Gasteiger partial charge in [0.15, 0.2) is 5.78 Å². The Kier molecular flexibility index (Phi) is 3.99. The molecule has 0 saturated heterocycles. The van der Waals surface area contributed by atoms with Gasteiger partial charge in [0.2, 0.25) is 0 Å². The molecule has 0 bridgehead atoms. The second kappa shape index (κ2) is 5.54. The minimum absolute atomic E-state index is 0.146. The molecular weight excluding hydrogens is 274 g/mol. The van der Waals surface area contributed by atoms with Crippen molar-refractivity contribution < 1.29 is 13.2 Å². The third-order valence-electron chi connectivity index (χ3n) is 2.91. The van der Waals surface area contributed by atoms with E-state index in [9.17, 15) is 13.2 Å². The van der Waals surface area contributed by atoms with Crippen LogP contribution in [0.4, 0.5) is 0 Å². The molecule has 1 aliphatic rings. The van der Waals surface area contributed by atoms with Gasteiger partial charge >= 0.3 is 0 Å². The van der Waals surface area contributed by atoms with Crippen LogP contribution < -0.4 is 0 Å². The molecule has 1 aromatic carbocycles. The maximum absolute atomic E-state index is 12.1. The molecule has 0 radical (unpaired) electrons. The largest absolute Gasteiger partial charge is 0.290 e. The Bertz CT molecular complexity index is 690. The Labute approximate surface area is 118 Å². The molecular formula is C15H15NO3S. The van der Waals surface area contributed by atoms with Gasteiger partial charge < -0.3 is 0 Å². The smallest absolute Gasteiger partial charge is 0.282 e. The van der Waals surface area contributed by atoms with Gasteiger partial charge in [-0.15, -0.1) is 0 Å². The summed E-state index contributed by atoms with van der Waals surface area (Å²) in [7, 11) is -3.75. The summed E-state index contributed by atoms with van der Waals surface area (Å²) in [6.07, 6.45) is 5.36. The third-order valence-corrected chi connectivity index (χ3v) is 4.23. The van der Waals surface area contributed by atoms with Crippen molar-refractivity contribution >= 4 is 21.5 Å². The van der Waals surface area contributed by atoms with E-state index >= 15 is 0 Å². The van der Waals surface area contributed by atoms with Crippen molar-refractivity contribution in [3.63, 3.8) is 0 Å². The van der Waals surface area contributed by atoms with Crippen molar-refractivity contribution in [1.29, 1.82) is 0 Å². The van der Waals surface area contributed by atoms with Crippen molar-refractivity contribution in [2.75, 3.05) is 0 Å². The van der Waals surface area contributed by atoms with Gasteiger partial charge in [-0.25, -0.2) is 0 Å². The maximum atomic E-state index is 12.1. The zero-order valence-electron chi connectivity index (χ0n) is 11.3. The molecule has 0 heterocycles. The second-order valence-electron chi connectivity index (χ2n) is 4.78. The lowest BCUT2D eigenvalue weighted by Crippen LogP contribution is -2.05. The number of sulfonamides is 1. The van der Waals surface area contributed by atoms with Crippen LogP contribution in [0.3, 0.4) is 0 Å². The molecule has 0 aromatic heterocycles. The van der Waals surface area contributed by atoms with E-state index in [1.807, 2.05) is 13.8 Å². The van der Waals surface area contributed by atoms with Gasteiger partial charge in [-0.3, -0.25) is 4.79 Å². The van der Waals surface area contributed by atoms with Crippen molar-refractivity contribution in [1.82, 2.24) is 0 Å². The van der Waals surface area contributed by atoms with Gasteiger partial charge in [0.25, 0.3) is 10.0 Å². The molecule has 1 aliphatic carbocycles.